The number of rotatable bonds is 0. The quantitative estimate of drug-likeness (QED) is 0.505. The van der Waals surface area contributed by atoms with E-state index in [2.05, 4.69) is 11.9 Å². The number of fused-ring (bicyclic) bond motifs is 1. The Morgan fingerprint density at radius 3 is 3.00 bits per heavy atom. The molecule has 0 radical (unpaired) electrons. The van der Waals surface area contributed by atoms with Crippen molar-refractivity contribution < 1.29 is 4.74 Å². The fourth-order valence-corrected chi connectivity index (χ4v) is 3.04. The van der Waals surface area contributed by atoms with E-state index in [1.165, 1.54) is 32.2 Å². The van der Waals surface area contributed by atoms with Crippen LogP contribution in [0.1, 0.15) is 25.7 Å². The van der Waals surface area contributed by atoms with Crippen LogP contribution in [0.2, 0.25) is 0 Å². The maximum absolute atomic E-state index is 5.57. The number of epoxide rings is 1. The summed E-state index contributed by atoms with van der Waals surface area (Å²) in [4.78, 5) is 2.53. The highest BCUT2D eigenvalue weighted by Crippen LogP contribution is 2.47. The minimum absolute atomic E-state index is 0.361. The van der Waals surface area contributed by atoms with Crippen molar-refractivity contribution in [3.8, 4) is 0 Å². The van der Waals surface area contributed by atoms with Gasteiger partial charge >= 0.3 is 0 Å². The number of ether oxygens (including phenoxy) is 1. The first kappa shape index (κ1) is 7.34. The Morgan fingerprint density at radius 2 is 2.25 bits per heavy atom. The molecule has 1 aliphatic carbocycles. The maximum Gasteiger partial charge on any atom is 0.0931 e. The lowest BCUT2D eigenvalue weighted by molar-refractivity contribution is 0.133. The second kappa shape index (κ2) is 2.24. The minimum Gasteiger partial charge on any atom is -0.370 e. The van der Waals surface area contributed by atoms with E-state index in [1.807, 2.05) is 0 Å². The zero-order valence-electron chi connectivity index (χ0n) is 7.75. The summed E-state index contributed by atoms with van der Waals surface area (Å²) in [5.41, 5.74) is 0.361. The molecule has 0 amide bonds. The van der Waals surface area contributed by atoms with E-state index in [4.69, 9.17) is 4.74 Å². The molecule has 0 aromatic rings. The molecule has 3 aliphatic rings. The van der Waals surface area contributed by atoms with Crippen LogP contribution in [0.5, 0.6) is 0 Å². The first-order chi connectivity index (χ1) is 5.79. The van der Waals surface area contributed by atoms with Gasteiger partial charge in [-0.05, 0) is 45.2 Å². The van der Waals surface area contributed by atoms with Crippen molar-refractivity contribution in [3.05, 3.63) is 0 Å². The van der Waals surface area contributed by atoms with E-state index in [-0.39, 0.29) is 0 Å². The predicted molar refractivity (Wildman–Crippen MR) is 47.1 cm³/mol. The lowest BCUT2D eigenvalue weighted by Crippen LogP contribution is -2.38. The zero-order valence-corrected chi connectivity index (χ0v) is 7.75. The molecule has 3 fully saturated rings. The van der Waals surface area contributed by atoms with E-state index in [9.17, 15) is 0 Å². The molecule has 3 atom stereocenters. The second-order valence-corrected chi connectivity index (χ2v) is 4.81. The van der Waals surface area contributed by atoms with Gasteiger partial charge in [-0.1, -0.05) is 0 Å². The number of nitrogens with zero attached hydrogens (tertiary/aromatic N) is 1. The van der Waals surface area contributed by atoms with Gasteiger partial charge in [0.1, 0.15) is 0 Å². The largest absolute Gasteiger partial charge is 0.370 e. The first-order valence-corrected chi connectivity index (χ1v) is 5.13. The molecule has 2 saturated heterocycles. The number of hydrogen-bond acceptors (Lipinski definition) is 2. The highest BCUT2D eigenvalue weighted by molar-refractivity contribution is 5.04. The molecule has 0 aromatic heterocycles. The lowest BCUT2D eigenvalue weighted by Gasteiger charge is -2.33. The van der Waals surface area contributed by atoms with Crippen molar-refractivity contribution in [2.45, 2.75) is 37.3 Å². The van der Waals surface area contributed by atoms with Crippen LogP contribution in [0.4, 0.5) is 0 Å². The van der Waals surface area contributed by atoms with Crippen LogP contribution < -0.4 is 0 Å². The third-order valence-electron chi connectivity index (χ3n) is 4.07. The normalized spacial score (nSPS) is 52.8. The summed E-state index contributed by atoms with van der Waals surface area (Å²) < 4.78 is 5.57. The van der Waals surface area contributed by atoms with Crippen LogP contribution >= 0.6 is 0 Å². The van der Waals surface area contributed by atoms with Gasteiger partial charge < -0.3 is 9.64 Å². The van der Waals surface area contributed by atoms with Gasteiger partial charge in [0.2, 0.25) is 0 Å². The van der Waals surface area contributed by atoms with Crippen molar-refractivity contribution in [1.82, 2.24) is 4.90 Å². The van der Waals surface area contributed by atoms with Crippen molar-refractivity contribution in [2.75, 3.05) is 20.2 Å². The highest BCUT2D eigenvalue weighted by atomic mass is 16.6. The Hall–Kier alpha value is -0.0800. The van der Waals surface area contributed by atoms with Crippen LogP contribution in [0.25, 0.3) is 0 Å². The highest BCUT2D eigenvalue weighted by Gasteiger charge is 2.52. The molecule has 2 heteroatoms. The van der Waals surface area contributed by atoms with Crippen molar-refractivity contribution in [2.24, 2.45) is 5.92 Å². The molecule has 1 saturated carbocycles. The second-order valence-electron chi connectivity index (χ2n) is 4.81. The molecule has 2 heterocycles. The van der Waals surface area contributed by atoms with Crippen molar-refractivity contribution in [3.63, 3.8) is 0 Å². The van der Waals surface area contributed by atoms with Crippen LogP contribution in [0.15, 0.2) is 0 Å². The summed E-state index contributed by atoms with van der Waals surface area (Å²) in [6, 6.07) is 0.848. The summed E-state index contributed by atoms with van der Waals surface area (Å²) in [6.07, 6.45) is 5.49. The summed E-state index contributed by atoms with van der Waals surface area (Å²) in [5.74, 6) is 0.991. The van der Waals surface area contributed by atoms with Crippen LogP contribution in [0, 0.1) is 5.92 Å². The minimum atomic E-state index is 0.361. The topological polar surface area (TPSA) is 15.8 Å². The third kappa shape index (κ3) is 0.944. The molecular formula is C10H17NO. The molecule has 1 spiro atoms. The number of likely N-dealkylation sites (tertiary alicyclic amines) is 1. The summed E-state index contributed by atoms with van der Waals surface area (Å²) in [7, 11) is 2.27. The third-order valence-corrected chi connectivity index (χ3v) is 4.07. The standard InChI is InChI=1S/C10H17NO/c1-11-5-3-8-2-4-10(7-12-10)6-9(8)11/h8-9H,2-7H2,1H3. The zero-order chi connectivity index (χ0) is 8.18. The van der Waals surface area contributed by atoms with E-state index >= 15 is 0 Å². The Kier molecular flexibility index (Phi) is 1.37. The average molecular weight is 167 g/mol. The molecule has 3 rings (SSSR count). The van der Waals surface area contributed by atoms with Gasteiger partial charge in [-0.3, -0.25) is 0 Å². The van der Waals surface area contributed by atoms with Gasteiger partial charge in [0.05, 0.1) is 12.2 Å². The van der Waals surface area contributed by atoms with Crippen LogP contribution in [0.3, 0.4) is 0 Å². The first-order valence-electron chi connectivity index (χ1n) is 5.13. The number of hydrogen-bond donors (Lipinski definition) is 0. The van der Waals surface area contributed by atoms with Crippen LogP contribution in [-0.4, -0.2) is 36.7 Å². The monoisotopic (exact) mass is 167 g/mol. The van der Waals surface area contributed by atoms with E-state index < -0.39 is 0 Å². The van der Waals surface area contributed by atoms with E-state index in [0.717, 1.165) is 18.6 Å². The maximum atomic E-state index is 5.57. The Morgan fingerprint density at radius 1 is 1.42 bits per heavy atom. The molecular weight excluding hydrogens is 150 g/mol. The summed E-state index contributed by atoms with van der Waals surface area (Å²) in [6.45, 7) is 2.36. The molecule has 2 aliphatic heterocycles. The Bertz CT molecular complexity index is 200. The fraction of sp³-hybridized carbons (Fsp3) is 1.00. The van der Waals surface area contributed by atoms with Crippen LogP contribution in [-0.2, 0) is 4.74 Å². The van der Waals surface area contributed by atoms with Crippen molar-refractivity contribution in [1.29, 1.82) is 0 Å². The Labute approximate surface area is 73.9 Å². The van der Waals surface area contributed by atoms with Gasteiger partial charge in [-0.15, -0.1) is 0 Å². The SMILES string of the molecule is CN1CCC2CCC3(CO3)CC21. The molecule has 12 heavy (non-hydrogen) atoms. The van der Waals surface area contributed by atoms with Gasteiger partial charge in [0.15, 0.2) is 0 Å². The van der Waals surface area contributed by atoms with Gasteiger partial charge in [0, 0.05) is 6.04 Å². The van der Waals surface area contributed by atoms with Gasteiger partial charge in [-0.2, -0.15) is 0 Å². The summed E-state index contributed by atoms with van der Waals surface area (Å²) in [5, 5.41) is 0. The van der Waals surface area contributed by atoms with E-state index in [1.54, 1.807) is 0 Å². The molecule has 0 bridgehead atoms. The average Bonchev–Trinajstić information content (AvgIpc) is 2.73. The molecule has 0 aromatic carbocycles. The van der Waals surface area contributed by atoms with Crippen molar-refractivity contribution >= 4 is 0 Å². The smallest absolute Gasteiger partial charge is 0.0931 e. The molecule has 3 unspecified atom stereocenters. The molecule has 0 N–H and O–H groups in total. The molecule has 2 nitrogen and oxygen atoms in total. The van der Waals surface area contributed by atoms with E-state index in [0.29, 0.717) is 5.60 Å². The van der Waals surface area contributed by atoms with Gasteiger partial charge in [0.25, 0.3) is 0 Å². The summed E-state index contributed by atoms with van der Waals surface area (Å²) >= 11 is 0. The lowest BCUT2D eigenvalue weighted by atomic mass is 9.79. The molecule has 68 valence electrons. The van der Waals surface area contributed by atoms with Gasteiger partial charge in [-0.25, -0.2) is 0 Å². The predicted octanol–water partition coefficient (Wildman–Crippen LogP) is 1.26. The Balaban J connectivity index is 1.77. The fourth-order valence-electron chi connectivity index (χ4n) is 3.04.